The van der Waals surface area contributed by atoms with Crippen LogP contribution in [0.25, 0.3) is 98.0 Å². The fourth-order valence-electron chi connectivity index (χ4n) is 26.5. The number of hydrogen-bond acceptors (Lipinski definition) is 0. The van der Waals surface area contributed by atoms with Gasteiger partial charge in [0.2, 0.25) is 0 Å². The summed E-state index contributed by atoms with van der Waals surface area (Å²) in [6.07, 6.45) is 14.9. The molecule has 6 aliphatic rings. The third-order valence-corrected chi connectivity index (χ3v) is 50.0. The molecule has 22 rings (SSSR count). The predicted octanol–water partition coefficient (Wildman–Crippen LogP) is 21.7. The van der Waals surface area contributed by atoms with Crippen molar-refractivity contribution in [3.8, 4) is 33.4 Å². The zero-order valence-corrected chi connectivity index (χ0v) is 65.9. The molecule has 3 aliphatic carbocycles. The monoisotopic (exact) mass is 1420 g/mol. The molecule has 16 aromatic rings. The summed E-state index contributed by atoms with van der Waals surface area (Å²) < 4.78 is 0. The van der Waals surface area contributed by atoms with Gasteiger partial charge >= 0.3 is 0 Å². The second-order valence-corrected chi connectivity index (χ2v) is 48.1. The van der Waals surface area contributed by atoms with E-state index >= 15 is 0 Å². The standard InChI is InChI=1S/C104H92Si3/c1-99-58-25-28-61-102(99,4)105(72-32-13-7-14-33-72,73-34-15-8-16-35-73)93-55-46-69(64-90(93)99)78-49-52-83-87-68-89-85-54-51-80(71-48-57-95-92(66-71)101(3)60-27-30-63-104(101,6)107(95,76-40-21-11-22-41-76)77-42-23-12-24-43-77)97-79(50-53-84(98(85)97)88(89)67-86(87)82-45-31-44-81(78)96(82)83)70-47-56-94-91(65-70)100(2)59-26-29-62-103(100,5)106(94,74-36-17-9-18-37-74)75-38-19-10-20-39-75/h7-24,31-57,64-68H,25-30,58-63H2,1-6H3. The number of rotatable bonds is 9. The molecule has 107 heavy (non-hydrogen) atoms. The predicted molar refractivity (Wildman–Crippen MR) is 465 cm³/mol. The van der Waals surface area contributed by atoms with Gasteiger partial charge in [-0.3, -0.25) is 0 Å². The van der Waals surface area contributed by atoms with Crippen molar-refractivity contribution in [2.24, 2.45) is 0 Å². The molecule has 3 heterocycles. The van der Waals surface area contributed by atoms with E-state index in [2.05, 4.69) is 345 Å². The maximum absolute atomic E-state index is 2.76. The van der Waals surface area contributed by atoms with Crippen LogP contribution >= 0.6 is 0 Å². The molecule has 0 spiro atoms. The van der Waals surface area contributed by atoms with Crippen LogP contribution in [-0.2, 0) is 16.2 Å². The Labute approximate surface area is 634 Å². The highest BCUT2D eigenvalue weighted by Crippen LogP contribution is 2.69. The minimum atomic E-state index is -2.66. The average Bonchev–Trinajstić information content (AvgIpc) is 1.51. The summed E-state index contributed by atoms with van der Waals surface area (Å²) in [6.45, 7) is 16.3. The highest BCUT2D eigenvalue weighted by molar-refractivity contribution is 7.16. The summed E-state index contributed by atoms with van der Waals surface area (Å²) in [5.74, 6) is 0. The minimum absolute atomic E-state index is 0.0189. The van der Waals surface area contributed by atoms with E-state index in [0.29, 0.717) is 0 Å². The molecule has 0 amide bonds. The van der Waals surface area contributed by atoms with Gasteiger partial charge in [0, 0.05) is 0 Å². The lowest BCUT2D eigenvalue weighted by Gasteiger charge is -2.54. The average molecular weight is 1430 g/mol. The molecular weight excluding hydrogens is 1330 g/mol. The first kappa shape index (κ1) is 64.4. The van der Waals surface area contributed by atoms with Crippen LogP contribution in [0.5, 0.6) is 0 Å². The van der Waals surface area contributed by atoms with Crippen LogP contribution in [0.2, 0.25) is 15.1 Å². The van der Waals surface area contributed by atoms with Crippen LogP contribution in [-0.4, -0.2) is 24.2 Å². The van der Waals surface area contributed by atoms with Gasteiger partial charge in [-0.25, -0.2) is 0 Å². The molecule has 3 saturated carbocycles. The zero-order valence-electron chi connectivity index (χ0n) is 62.9. The lowest BCUT2D eigenvalue weighted by molar-refractivity contribution is 0.241. The van der Waals surface area contributed by atoms with Crippen LogP contribution in [0.1, 0.15) is 135 Å². The molecular formula is C104H92Si3. The van der Waals surface area contributed by atoms with Gasteiger partial charge in [-0.2, -0.15) is 0 Å². The summed E-state index contributed by atoms with van der Waals surface area (Å²) in [5.41, 5.74) is 12.8. The van der Waals surface area contributed by atoms with E-state index in [-0.39, 0.29) is 31.4 Å². The van der Waals surface area contributed by atoms with Gasteiger partial charge < -0.3 is 0 Å². The fraction of sp³-hybridized carbons (Fsp3) is 0.231. The van der Waals surface area contributed by atoms with Gasteiger partial charge in [-0.15, -0.1) is 0 Å². The number of fused-ring (bicyclic) bond motifs is 15. The lowest BCUT2D eigenvalue weighted by atomic mass is 9.64. The maximum Gasteiger partial charge on any atom is 0.155 e. The Kier molecular flexibility index (Phi) is 13.7. The van der Waals surface area contributed by atoms with Crippen molar-refractivity contribution < 1.29 is 0 Å². The third kappa shape index (κ3) is 7.79. The van der Waals surface area contributed by atoms with Crippen molar-refractivity contribution in [1.82, 2.24) is 0 Å². The van der Waals surface area contributed by atoms with Gasteiger partial charge in [0.05, 0.1) is 0 Å². The summed E-state index contributed by atoms with van der Waals surface area (Å²) in [6, 6.07) is 123. The van der Waals surface area contributed by atoms with Gasteiger partial charge in [0.1, 0.15) is 0 Å². The first-order valence-corrected chi connectivity index (χ1v) is 46.4. The summed E-state index contributed by atoms with van der Waals surface area (Å²) >= 11 is 0. The van der Waals surface area contributed by atoms with Crippen LogP contribution < -0.4 is 46.7 Å². The third-order valence-electron chi connectivity index (χ3n) is 31.7. The highest BCUT2D eigenvalue weighted by Gasteiger charge is 2.72. The quantitative estimate of drug-likeness (QED) is 0.126. The van der Waals surface area contributed by atoms with E-state index in [0.717, 1.165) is 0 Å². The number of hydrogen-bond donors (Lipinski definition) is 0. The fourth-order valence-corrected chi connectivity index (χ4v) is 47.3. The van der Waals surface area contributed by atoms with Crippen molar-refractivity contribution in [3.05, 3.63) is 320 Å². The smallest absolute Gasteiger partial charge is 0.0624 e. The van der Waals surface area contributed by atoms with Gasteiger partial charge in [0.15, 0.2) is 24.2 Å². The largest absolute Gasteiger partial charge is 0.155 e. The van der Waals surface area contributed by atoms with Crippen molar-refractivity contribution in [1.29, 1.82) is 0 Å². The molecule has 0 radical (unpaired) electrons. The first-order valence-electron chi connectivity index (χ1n) is 40.4. The van der Waals surface area contributed by atoms with Gasteiger partial charge in [0.25, 0.3) is 0 Å². The van der Waals surface area contributed by atoms with E-state index in [1.54, 1.807) is 63.4 Å². The van der Waals surface area contributed by atoms with Crippen molar-refractivity contribution in [2.75, 3.05) is 0 Å². The Morgan fingerprint density at radius 1 is 0.206 bits per heavy atom. The van der Waals surface area contributed by atoms with E-state index in [9.17, 15) is 0 Å². The SMILES string of the molecule is CC12CCCCC1(C)[Si](c1ccccc1)(c1ccccc1)c1ccc(-c3ccc4c5cc6c(cc5c5cccc3c54)c3ccc(-c4ccc5c(c4)C4(C)CCCCC4(C)[Si]5(c4ccccc4)c4ccccc4)c4c(-c5ccc7c(c5)C5(C)CCCCC5(C)[Si]7(c5ccccc5)c5ccccc5)ccc6c43)cc12. The van der Waals surface area contributed by atoms with Crippen LogP contribution in [0, 0.1) is 0 Å². The topological polar surface area (TPSA) is 0 Å². The molecule has 3 fully saturated rings. The van der Waals surface area contributed by atoms with E-state index in [1.807, 2.05) is 0 Å². The maximum atomic E-state index is 2.76. The van der Waals surface area contributed by atoms with E-state index in [4.69, 9.17) is 0 Å². The molecule has 0 bridgehead atoms. The Morgan fingerprint density at radius 2 is 0.477 bits per heavy atom. The van der Waals surface area contributed by atoms with E-state index in [1.165, 1.54) is 175 Å². The van der Waals surface area contributed by atoms with Crippen LogP contribution in [0.4, 0.5) is 0 Å². The normalized spacial score (nSPS) is 25.1. The van der Waals surface area contributed by atoms with E-state index < -0.39 is 24.2 Å². The number of benzene rings is 14. The Balaban J connectivity index is 0.768. The lowest BCUT2D eigenvalue weighted by Crippen LogP contribution is -2.72. The molecule has 6 atom stereocenters. The summed E-state index contributed by atoms with van der Waals surface area (Å²) in [5, 5.41) is 30.8. The molecule has 6 unspecified atom stereocenters. The molecule has 16 aromatic carbocycles. The Bertz CT molecular complexity index is 5930. The van der Waals surface area contributed by atoms with Crippen molar-refractivity contribution in [3.63, 3.8) is 0 Å². The van der Waals surface area contributed by atoms with Crippen LogP contribution in [0.3, 0.4) is 0 Å². The molecule has 0 N–H and O–H groups in total. The Morgan fingerprint density at radius 3 is 0.804 bits per heavy atom. The summed E-state index contributed by atoms with van der Waals surface area (Å²) in [4.78, 5) is 0. The molecule has 0 saturated heterocycles. The summed E-state index contributed by atoms with van der Waals surface area (Å²) in [7, 11) is -7.89. The molecule has 0 nitrogen and oxygen atoms in total. The molecule has 3 heteroatoms. The van der Waals surface area contributed by atoms with Crippen molar-refractivity contribution >= 4 is 136 Å². The van der Waals surface area contributed by atoms with Crippen molar-refractivity contribution in [2.45, 2.75) is 150 Å². The highest BCUT2D eigenvalue weighted by atomic mass is 28.3. The van der Waals surface area contributed by atoms with Gasteiger partial charge in [-0.1, -0.05) is 371 Å². The molecule has 3 aliphatic heterocycles. The molecule has 0 aromatic heterocycles. The van der Waals surface area contributed by atoms with Gasteiger partial charge in [-0.05, 0) is 243 Å². The Hall–Kier alpha value is -9.75. The van der Waals surface area contributed by atoms with Crippen LogP contribution in [0.15, 0.2) is 303 Å². The second kappa shape index (κ2) is 22.7. The molecule has 520 valence electrons. The first-order chi connectivity index (χ1) is 52.3. The zero-order chi connectivity index (χ0) is 71.7. The minimum Gasteiger partial charge on any atom is -0.0624 e. The second-order valence-electron chi connectivity index (χ2n) is 35.2.